The molecule has 1 aliphatic heterocycles. The smallest absolute Gasteiger partial charge is 0.405 e. The number of ether oxygens (including phenoxy) is 5. The summed E-state index contributed by atoms with van der Waals surface area (Å²) < 4.78 is 84.3. The molecule has 5 aliphatic carbocycles. The molecule has 6 rings (SSSR count). The van der Waals surface area contributed by atoms with Gasteiger partial charge in [0.05, 0.1) is 11.8 Å². The Kier molecular flexibility index (Phi) is 8.22. The third-order valence-electron chi connectivity index (χ3n) is 11.1. The van der Waals surface area contributed by atoms with Gasteiger partial charge < -0.3 is 23.7 Å². The van der Waals surface area contributed by atoms with Crippen molar-refractivity contribution in [3.63, 3.8) is 0 Å². The van der Waals surface area contributed by atoms with Crippen molar-refractivity contribution in [3.05, 3.63) is 0 Å². The predicted octanol–water partition coefficient (Wildman–Crippen LogP) is 2.82. The first kappa shape index (κ1) is 31.6. The zero-order valence-electron chi connectivity index (χ0n) is 24.4. The van der Waals surface area contributed by atoms with Crippen LogP contribution in [0, 0.1) is 41.4 Å². The topological polar surface area (TPSA) is 169 Å². The molecule has 0 aromatic heterocycles. The van der Waals surface area contributed by atoms with Crippen LogP contribution in [0.3, 0.4) is 0 Å². The molecule has 10 atom stereocenters. The van der Waals surface area contributed by atoms with Crippen LogP contribution in [0.25, 0.3) is 0 Å². The fourth-order valence-electron chi connectivity index (χ4n) is 9.24. The highest BCUT2D eigenvalue weighted by Crippen LogP contribution is 2.61. The van der Waals surface area contributed by atoms with E-state index in [1.165, 1.54) is 12.8 Å². The summed E-state index contributed by atoms with van der Waals surface area (Å²) >= 11 is 0. The molecule has 0 aromatic carbocycles. The number of halogens is 2. The SMILES string of the molecule is CC(OC(=O)COCC(=O)OC1C2CC3C1OC(=O)C3C2C(=O)OC1(C2CC3CCC2C3)CCCCC1)C(F)(F)S(=O)(=O)O. The number of rotatable bonds is 11. The second-order valence-electron chi connectivity index (χ2n) is 13.5. The lowest BCUT2D eigenvalue weighted by Gasteiger charge is -2.46. The molecular formula is C29H38F2O12S. The molecule has 0 spiro atoms. The van der Waals surface area contributed by atoms with Gasteiger partial charge in [-0.2, -0.15) is 17.2 Å². The Morgan fingerprint density at radius 2 is 1.75 bits per heavy atom. The maximum atomic E-state index is 14.0. The van der Waals surface area contributed by atoms with Gasteiger partial charge in [-0.25, -0.2) is 9.59 Å². The Labute approximate surface area is 253 Å². The van der Waals surface area contributed by atoms with Crippen molar-refractivity contribution in [1.29, 1.82) is 0 Å². The van der Waals surface area contributed by atoms with Crippen LogP contribution in [0.2, 0.25) is 0 Å². The molecule has 246 valence electrons. The van der Waals surface area contributed by atoms with Gasteiger partial charge in [0, 0.05) is 17.8 Å². The summed E-state index contributed by atoms with van der Waals surface area (Å²) in [5.41, 5.74) is -0.531. The van der Waals surface area contributed by atoms with Gasteiger partial charge in [0.2, 0.25) is 0 Å². The maximum Gasteiger partial charge on any atom is 0.405 e. The number of hydrogen-bond acceptors (Lipinski definition) is 11. The highest BCUT2D eigenvalue weighted by molar-refractivity contribution is 7.86. The normalized spacial score (nSPS) is 37.5. The Bertz CT molecular complexity index is 1300. The summed E-state index contributed by atoms with van der Waals surface area (Å²) in [7, 11) is -5.83. The van der Waals surface area contributed by atoms with Gasteiger partial charge in [0.15, 0.2) is 6.10 Å². The quantitative estimate of drug-likeness (QED) is 0.198. The summed E-state index contributed by atoms with van der Waals surface area (Å²) in [6.07, 6.45) is 5.64. The van der Waals surface area contributed by atoms with Gasteiger partial charge in [-0.05, 0) is 70.1 Å². The number of carbonyl (C=O) groups excluding carboxylic acids is 4. The summed E-state index contributed by atoms with van der Waals surface area (Å²) in [5.74, 6) is -3.96. The highest BCUT2D eigenvalue weighted by atomic mass is 32.2. The van der Waals surface area contributed by atoms with Crippen LogP contribution in [0.1, 0.15) is 71.1 Å². The molecule has 0 amide bonds. The van der Waals surface area contributed by atoms with Crippen molar-refractivity contribution in [2.75, 3.05) is 13.2 Å². The number of alkyl halides is 2. The highest BCUT2D eigenvalue weighted by Gasteiger charge is 2.70. The summed E-state index contributed by atoms with van der Waals surface area (Å²) in [5, 5.41) is -4.75. The molecule has 15 heteroatoms. The fourth-order valence-corrected chi connectivity index (χ4v) is 9.71. The number of esters is 4. The van der Waals surface area contributed by atoms with Crippen molar-refractivity contribution in [2.24, 2.45) is 41.4 Å². The Balaban J connectivity index is 1.06. The summed E-state index contributed by atoms with van der Waals surface area (Å²) in [4.78, 5) is 51.3. The van der Waals surface area contributed by atoms with E-state index >= 15 is 0 Å². The molecule has 5 saturated carbocycles. The molecule has 0 aromatic rings. The van der Waals surface area contributed by atoms with E-state index in [2.05, 4.69) is 4.74 Å². The van der Waals surface area contributed by atoms with Crippen molar-refractivity contribution < 1.29 is 64.6 Å². The Hall–Kier alpha value is -2.39. The average molecular weight is 649 g/mol. The molecule has 44 heavy (non-hydrogen) atoms. The third kappa shape index (κ3) is 5.40. The molecule has 0 radical (unpaired) electrons. The Morgan fingerprint density at radius 3 is 2.39 bits per heavy atom. The van der Waals surface area contributed by atoms with Crippen LogP contribution in [0.4, 0.5) is 8.78 Å². The first-order valence-electron chi connectivity index (χ1n) is 15.5. The van der Waals surface area contributed by atoms with E-state index in [0.29, 0.717) is 31.1 Å². The van der Waals surface area contributed by atoms with E-state index in [-0.39, 0.29) is 5.92 Å². The lowest BCUT2D eigenvalue weighted by Crippen LogP contribution is -2.50. The predicted molar refractivity (Wildman–Crippen MR) is 142 cm³/mol. The van der Waals surface area contributed by atoms with E-state index in [1.807, 2.05) is 0 Å². The lowest BCUT2D eigenvalue weighted by atomic mass is 9.69. The third-order valence-corrected chi connectivity index (χ3v) is 12.1. The van der Waals surface area contributed by atoms with Crippen LogP contribution in [-0.4, -0.2) is 79.2 Å². The van der Waals surface area contributed by atoms with Crippen molar-refractivity contribution in [3.8, 4) is 0 Å². The summed E-state index contributed by atoms with van der Waals surface area (Å²) in [6.45, 7) is -1.21. The molecule has 1 saturated heterocycles. The number of fused-ring (bicyclic) bond motifs is 3. The van der Waals surface area contributed by atoms with E-state index in [9.17, 15) is 36.4 Å². The van der Waals surface area contributed by atoms with E-state index in [0.717, 1.165) is 44.9 Å². The lowest BCUT2D eigenvalue weighted by molar-refractivity contribution is -0.188. The van der Waals surface area contributed by atoms with Crippen LogP contribution in [-0.2, 0) is 53.0 Å². The molecule has 10 unspecified atom stereocenters. The minimum absolute atomic E-state index is 0.297. The average Bonchev–Trinajstić information content (AvgIpc) is 3.76. The fraction of sp³-hybridized carbons (Fsp3) is 0.862. The molecule has 4 bridgehead atoms. The van der Waals surface area contributed by atoms with E-state index < -0.39 is 94.1 Å². The van der Waals surface area contributed by atoms with Gasteiger partial charge >= 0.3 is 39.2 Å². The monoisotopic (exact) mass is 648 g/mol. The van der Waals surface area contributed by atoms with Gasteiger partial charge in [0.25, 0.3) is 0 Å². The second-order valence-corrected chi connectivity index (χ2v) is 15.0. The minimum Gasteiger partial charge on any atom is -0.459 e. The first-order valence-corrected chi connectivity index (χ1v) is 16.9. The summed E-state index contributed by atoms with van der Waals surface area (Å²) in [6, 6.07) is 0. The van der Waals surface area contributed by atoms with Gasteiger partial charge in [-0.15, -0.1) is 0 Å². The van der Waals surface area contributed by atoms with Crippen LogP contribution < -0.4 is 0 Å². The van der Waals surface area contributed by atoms with Crippen molar-refractivity contribution in [1.82, 2.24) is 0 Å². The first-order chi connectivity index (χ1) is 20.7. The molecule has 6 fully saturated rings. The zero-order valence-corrected chi connectivity index (χ0v) is 25.2. The molecule has 1 heterocycles. The van der Waals surface area contributed by atoms with Crippen LogP contribution in [0.15, 0.2) is 0 Å². The van der Waals surface area contributed by atoms with Gasteiger partial charge in [-0.1, -0.05) is 12.8 Å². The van der Waals surface area contributed by atoms with E-state index in [4.69, 9.17) is 23.5 Å². The van der Waals surface area contributed by atoms with Crippen molar-refractivity contribution in [2.45, 2.75) is 100 Å². The van der Waals surface area contributed by atoms with Gasteiger partial charge in [-0.3, -0.25) is 14.1 Å². The number of hydrogen-bond donors (Lipinski definition) is 1. The molecule has 6 aliphatic rings. The van der Waals surface area contributed by atoms with Crippen LogP contribution in [0.5, 0.6) is 0 Å². The van der Waals surface area contributed by atoms with Crippen LogP contribution >= 0.6 is 0 Å². The minimum atomic E-state index is -5.83. The zero-order chi connectivity index (χ0) is 31.6. The largest absolute Gasteiger partial charge is 0.459 e. The maximum absolute atomic E-state index is 14.0. The molecule has 1 N–H and O–H groups in total. The standard InChI is InChI=1S/C29H38F2O12S/c1-14(29(30,31)44(36,37)38)40-20(32)12-39-13-21(33)41-24-18-11-17-22(26(34)42-25(17)24)23(18)27(35)43-28(7-3-2-4-8-28)19-10-15-5-6-16(19)9-15/h14-19,22-25H,2-13H2,1H3,(H,36,37,38). The van der Waals surface area contributed by atoms with E-state index in [1.54, 1.807) is 0 Å². The molecule has 12 nitrogen and oxygen atoms in total. The van der Waals surface area contributed by atoms with Gasteiger partial charge in [0.1, 0.15) is 31.0 Å². The number of carbonyl (C=O) groups is 4. The Morgan fingerprint density at radius 1 is 1.05 bits per heavy atom. The van der Waals surface area contributed by atoms with Crippen molar-refractivity contribution >= 4 is 34.0 Å². The molecular weight excluding hydrogens is 610 g/mol. The second kappa shape index (κ2) is 11.4.